The first kappa shape index (κ1) is 6.42. The maximum Gasteiger partial charge on any atom is 0.0576 e. The smallest absolute Gasteiger partial charge is 0.0576 e. The van der Waals surface area contributed by atoms with Gasteiger partial charge < -0.3 is 0 Å². The van der Waals surface area contributed by atoms with Crippen LogP contribution in [0.4, 0.5) is 0 Å². The van der Waals surface area contributed by atoms with Crippen LogP contribution in [-0.4, -0.2) is 4.98 Å². The van der Waals surface area contributed by atoms with Gasteiger partial charge >= 0.3 is 0 Å². The van der Waals surface area contributed by atoms with Crippen molar-refractivity contribution in [2.24, 2.45) is 0 Å². The van der Waals surface area contributed by atoms with Crippen LogP contribution in [-0.2, 0) is 5.41 Å². The molecule has 1 saturated carbocycles. The van der Waals surface area contributed by atoms with Crippen molar-refractivity contribution >= 4 is 0 Å². The molecular weight excluding hydrogens is 134 g/mol. The largest absolute Gasteiger partial charge is 0.264 e. The molecule has 1 fully saturated rings. The van der Waals surface area contributed by atoms with E-state index >= 15 is 0 Å². The molecule has 1 aromatic heterocycles. The van der Waals surface area contributed by atoms with Crippen LogP contribution >= 0.6 is 0 Å². The van der Waals surface area contributed by atoms with E-state index in [1.54, 1.807) is 6.20 Å². The lowest BCUT2D eigenvalue weighted by molar-refractivity contribution is 0.918. The Bertz CT molecular complexity index is 290. The minimum atomic E-state index is 0.0499. The van der Waals surface area contributed by atoms with Gasteiger partial charge in [-0.25, -0.2) is 0 Å². The number of hydrogen-bond donors (Lipinski definition) is 0. The monoisotopic (exact) mass is 143 g/mol. The highest BCUT2D eigenvalue weighted by atomic mass is 14.6. The van der Waals surface area contributed by atoms with Crippen LogP contribution in [0.15, 0.2) is 24.5 Å². The highest BCUT2D eigenvalue weighted by molar-refractivity contribution is 5.38. The Morgan fingerprint density at radius 3 is 2.82 bits per heavy atom. The fourth-order valence-corrected chi connectivity index (χ4v) is 1.29. The topological polar surface area (TPSA) is 12.9 Å². The van der Waals surface area contributed by atoms with Crippen molar-refractivity contribution in [2.45, 2.75) is 18.3 Å². The number of rotatable bonds is 1. The summed E-state index contributed by atoms with van der Waals surface area (Å²) in [5, 5.41) is 0. The molecule has 54 valence electrons. The Morgan fingerprint density at radius 2 is 2.36 bits per heavy atom. The van der Waals surface area contributed by atoms with E-state index in [2.05, 4.69) is 17.0 Å². The van der Waals surface area contributed by atoms with Crippen molar-refractivity contribution in [1.29, 1.82) is 0 Å². The molecule has 1 heteroatoms. The number of terminal acetylenes is 1. The molecule has 11 heavy (non-hydrogen) atoms. The van der Waals surface area contributed by atoms with Gasteiger partial charge in [-0.3, -0.25) is 4.98 Å². The summed E-state index contributed by atoms with van der Waals surface area (Å²) in [6.07, 6.45) is 11.3. The molecule has 0 amide bonds. The van der Waals surface area contributed by atoms with E-state index in [4.69, 9.17) is 6.42 Å². The number of nitrogens with zero attached hydrogens (tertiary/aromatic N) is 1. The van der Waals surface area contributed by atoms with E-state index in [1.165, 1.54) is 5.56 Å². The van der Waals surface area contributed by atoms with Gasteiger partial charge in [0, 0.05) is 12.4 Å². The highest BCUT2D eigenvalue weighted by Gasteiger charge is 2.42. The predicted octanol–water partition coefficient (Wildman–Crippen LogP) is 1.75. The van der Waals surface area contributed by atoms with Crippen LogP contribution in [0.5, 0.6) is 0 Å². The average Bonchev–Trinajstić information content (AvgIpc) is 2.86. The zero-order valence-electron chi connectivity index (χ0n) is 6.25. The molecule has 0 bridgehead atoms. The average molecular weight is 143 g/mol. The van der Waals surface area contributed by atoms with Crippen molar-refractivity contribution in [3.63, 3.8) is 0 Å². The second-order valence-electron chi connectivity index (χ2n) is 2.97. The van der Waals surface area contributed by atoms with E-state index in [-0.39, 0.29) is 5.41 Å². The van der Waals surface area contributed by atoms with Gasteiger partial charge in [0.2, 0.25) is 0 Å². The molecule has 0 N–H and O–H groups in total. The SMILES string of the molecule is C#CC1(c2cccnc2)CC1. The third kappa shape index (κ3) is 0.914. The van der Waals surface area contributed by atoms with Crippen molar-refractivity contribution < 1.29 is 0 Å². The minimum absolute atomic E-state index is 0.0499. The fraction of sp³-hybridized carbons (Fsp3) is 0.300. The minimum Gasteiger partial charge on any atom is -0.264 e. The van der Waals surface area contributed by atoms with Gasteiger partial charge in [-0.15, -0.1) is 6.42 Å². The standard InChI is InChI=1S/C10H9N/c1-2-10(5-6-10)9-4-3-7-11-8-9/h1,3-4,7-8H,5-6H2. The molecule has 0 radical (unpaired) electrons. The van der Waals surface area contributed by atoms with Gasteiger partial charge in [0.25, 0.3) is 0 Å². The maximum absolute atomic E-state index is 5.42. The van der Waals surface area contributed by atoms with Crippen molar-refractivity contribution in [1.82, 2.24) is 4.98 Å². The van der Waals surface area contributed by atoms with Gasteiger partial charge in [0.15, 0.2) is 0 Å². The van der Waals surface area contributed by atoms with Crippen molar-refractivity contribution in [3.05, 3.63) is 30.1 Å². The highest BCUT2D eigenvalue weighted by Crippen LogP contribution is 2.46. The van der Waals surface area contributed by atoms with Crippen LogP contribution in [0.2, 0.25) is 0 Å². The Morgan fingerprint density at radius 1 is 1.55 bits per heavy atom. The Balaban J connectivity index is 2.39. The quantitative estimate of drug-likeness (QED) is 0.546. The summed E-state index contributed by atoms with van der Waals surface area (Å²) >= 11 is 0. The first-order chi connectivity index (χ1) is 5.37. The third-order valence-corrected chi connectivity index (χ3v) is 2.24. The Kier molecular flexibility index (Phi) is 1.22. The van der Waals surface area contributed by atoms with Crippen LogP contribution in [0.25, 0.3) is 0 Å². The molecule has 0 spiro atoms. The molecule has 0 aromatic carbocycles. The lowest BCUT2D eigenvalue weighted by Crippen LogP contribution is -2.01. The van der Waals surface area contributed by atoms with Crippen LogP contribution in [0.1, 0.15) is 18.4 Å². The second kappa shape index (κ2) is 2.10. The van der Waals surface area contributed by atoms with Crippen LogP contribution < -0.4 is 0 Å². The molecule has 0 unspecified atom stereocenters. The molecule has 0 aliphatic heterocycles. The summed E-state index contributed by atoms with van der Waals surface area (Å²) in [6, 6.07) is 3.99. The Hall–Kier alpha value is -1.29. The first-order valence-electron chi connectivity index (χ1n) is 3.76. The molecule has 2 rings (SSSR count). The van der Waals surface area contributed by atoms with E-state index in [0.29, 0.717) is 0 Å². The first-order valence-corrected chi connectivity index (χ1v) is 3.76. The van der Waals surface area contributed by atoms with Crippen molar-refractivity contribution in [2.75, 3.05) is 0 Å². The lowest BCUT2D eigenvalue weighted by atomic mass is 9.99. The Labute approximate surface area is 66.5 Å². The van der Waals surface area contributed by atoms with Crippen LogP contribution in [0.3, 0.4) is 0 Å². The number of aromatic nitrogens is 1. The van der Waals surface area contributed by atoms with Gasteiger partial charge in [0.1, 0.15) is 0 Å². The second-order valence-corrected chi connectivity index (χ2v) is 2.97. The van der Waals surface area contributed by atoms with Crippen LogP contribution in [0, 0.1) is 12.3 Å². The summed E-state index contributed by atoms with van der Waals surface area (Å²) in [7, 11) is 0. The summed E-state index contributed by atoms with van der Waals surface area (Å²) in [4.78, 5) is 4.04. The zero-order chi connectivity index (χ0) is 7.73. The molecule has 1 nitrogen and oxygen atoms in total. The van der Waals surface area contributed by atoms with E-state index in [9.17, 15) is 0 Å². The van der Waals surface area contributed by atoms with E-state index < -0.39 is 0 Å². The van der Waals surface area contributed by atoms with E-state index in [0.717, 1.165) is 12.8 Å². The normalized spacial score (nSPS) is 18.8. The van der Waals surface area contributed by atoms with E-state index in [1.807, 2.05) is 12.3 Å². The number of pyridine rings is 1. The molecule has 0 saturated heterocycles. The predicted molar refractivity (Wildman–Crippen MR) is 44.0 cm³/mol. The lowest BCUT2D eigenvalue weighted by Gasteiger charge is -2.04. The maximum atomic E-state index is 5.42. The van der Waals surface area contributed by atoms with Gasteiger partial charge in [-0.1, -0.05) is 12.0 Å². The number of hydrogen-bond acceptors (Lipinski definition) is 1. The molecule has 1 heterocycles. The molecule has 1 aliphatic rings. The zero-order valence-corrected chi connectivity index (χ0v) is 6.25. The van der Waals surface area contributed by atoms with Gasteiger partial charge in [0.05, 0.1) is 5.41 Å². The van der Waals surface area contributed by atoms with Crippen molar-refractivity contribution in [3.8, 4) is 12.3 Å². The third-order valence-electron chi connectivity index (χ3n) is 2.24. The summed E-state index contributed by atoms with van der Waals surface area (Å²) in [6.45, 7) is 0. The van der Waals surface area contributed by atoms with Gasteiger partial charge in [-0.05, 0) is 24.5 Å². The summed E-state index contributed by atoms with van der Waals surface area (Å²) in [5.41, 5.74) is 1.25. The molecule has 0 atom stereocenters. The molecular formula is C10H9N. The fourth-order valence-electron chi connectivity index (χ4n) is 1.29. The summed E-state index contributed by atoms with van der Waals surface area (Å²) < 4.78 is 0. The molecule has 1 aromatic rings. The summed E-state index contributed by atoms with van der Waals surface area (Å²) in [5.74, 6) is 2.83. The molecule has 1 aliphatic carbocycles. The van der Waals surface area contributed by atoms with Gasteiger partial charge in [-0.2, -0.15) is 0 Å².